The third-order valence-electron chi connectivity index (χ3n) is 2.58. The van der Waals surface area contributed by atoms with Crippen LogP contribution in [0.5, 0.6) is 0 Å². The minimum Gasteiger partial charge on any atom is -0.466 e. The molecule has 2 rings (SSSR count). The highest BCUT2D eigenvalue weighted by Crippen LogP contribution is 2.27. The number of hydrogen-bond donors (Lipinski definition) is 1. The second-order valence-corrected chi connectivity index (χ2v) is 6.01. The number of ether oxygens (including phenoxy) is 1. The Morgan fingerprint density at radius 1 is 1.38 bits per heavy atom. The van der Waals surface area contributed by atoms with E-state index in [4.69, 9.17) is 4.74 Å². The van der Waals surface area contributed by atoms with Crippen LogP contribution in [0.4, 0.5) is 0 Å². The molecule has 0 bridgehead atoms. The van der Waals surface area contributed by atoms with E-state index in [-0.39, 0.29) is 24.7 Å². The van der Waals surface area contributed by atoms with Crippen molar-refractivity contribution in [2.75, 3.05) is 13.2 Å². The molecule has 0 radical (unpaired) electrons. The normalized spacial score (nSPS) is 10.3. The highest BCUT2D eigenvalue weighted by atomic mass is 32.1. The van der Waals surface area contributed by atoms with E-state index in [1.165, 1.54) is 11.3 Å². The van der Waals surface area contributed by atoms with Crippen LogP contribution in [0.1, 0.15) is 19.0 Å². The summed E-state index contributed by atoms with van der Waals surface area (Å²) in [5, 5.41) is 7.51. The van der Waals surface area contributed by atoms with Crippen molar-refractivity contribution in [3.05, 3.63) is 28.6 Å². The van der Waals surface area contributed by atoms with Crippen LogP contribution in [0.3, 0.4) is 0 Å². The van der Waals surface area contributed by atoms with Crippen LogP contribution < -0.4 is 5.32 Å². The molecule has 0 aliphatic heterocycles. The molecule has 2 heterocycles. The molecule has 0 saturated heterocycles. The first-order valence-electron chi connectivity index (χ1n) is 6.59. The van der Waals surface area contributed by atoms with E-state index in [0.29, 0.717) is 13.2 Å². The van der Waals surface area contributed by atoms with Gasteiger partial charge in [-0.3, -0.25) is 9.59 Å². The maximum atomic E-state index is 11.8. The van der Waals surface area contributed by atoms with Crippen LogP contribution in [0.15, 0.2) is 22.9 Å². The number of thiazole rings is 1. The third-order valence-corrected chi connectivity index (χ3v) is 4.51. The summed E-state index contributed by atoms with van der Waals surface area (Å²) in [6.07, 6.45) is 0.418. The second-order valence-electron chi connectivity index (χ2n) is 4.20. The Balaban J connectivity index is 1.77. The molecule has 1 amide bonds. The summed E-state index contributed by atoms with van der Waals surface area (Å²) in [7, 11) is 0. The van der Waals surface area contributed by atoms with Crippen molar-refractivity contribution < 1.29 is 14.3 Å². The van der Waals surface area contributed by atoms with Gasteiger partial charge >= 0.3 is 5.97 Å². The highest BCUT2D eigenvalue weighted by Gasteiger charge is 2.10. The third kappa shape index (κ3) is 4.95. The summed E-state index contributed by atoms with van der Waals surface area (Å²) in [5.74, 6) is -0.436. The van der Waals surface area contributed by atoms with Gasteiger partial charge in [-0.1, -0.05) is 6.07 Å². The largest absolute Gasteiger partial charge is 0.466 e. The molecule has 0 aliphatic rings. The van der Waals surface area contributed by atoms with Gasteiger partial charge in [-0.15, -0.1) is 22.7 Å². The minimum atomic E-state index is -0.300. The number of amides is 1. The standard InChI is InChI=1S/C14H16N2O3S2/c1-2-19-13(18)5-6-15-12(17)8-10-9-21-14(16-10)11-4-3-7-20-11/h3-4,7,9H,2,5-6,8H2,1H3,(H,15,17). The number of carbonyl (C=O) groups excluding carboxylic acids is 2. The fraction of sp³-hybridized carbons (Fsp3) is 0.357. The molecular weight excluding hydrogens is 308 g/mol. The number of nitrogens with one attached hydrogen (secondary N) is 1. The zero-order chi connectivity index (χ0) is 15.1. The number of thiophene rings is 1. The highest BCUT2D eigenvalue weighted by molar-refractivity contribution is 7.20. The fourth-order valence-electron chi connectivity index (χ4n) is 1.67. The summed E-state index contributed by atoms with van der Waals surface area (Å²) in [5.41, 5.74) is 0.747. The minimum absolute atomic E-state index is 0.137. The molecule has 0 atom stereocenters. The van der Waals surface area contributed by atoms with Crippen LogP contribution in [-0.4, -0.2) is 30.0 Å². The van der Waals surface area contributed by atoms with E-state index >= 15 is 0 Å². The Hall–Kier alpha value is -1.73. The van der Waals surface area contributed by atoms with Gasteiger partial charge in [0.25, 0.3) is 0 Å². The lowest BCUT2D eigenvalue weighted by molar-refractivity contribution is -0.143. The van der Waals surface area contributed by atoms with Crippen LogP contribution in [-0.2, 0) is 20.7 Å². The fourth-order valence-corrected chi connectivity index (χ4v) is 3.30. The van der Waals surface area contributed by atoms with Gasteiger partial charge in [0.2, 0.25) is 5.91 Å². The van der Waals surface area contributed by atoms with Crippen LogP contribution in [0, 0.1) is 0 Å². The maximum Gasteiger partial charge on any atom is 0.307 e. The van der Waals surface area contributed by atoms with Gasteiger partial charge < -0.3 is 10.1 Å². The average molecular weight is 324 g/mol. The number of hydrogen-bond acceptors (Lipinski definition) is 6. The molecule has 5 nitrogen and oxygen atoms in total. The predicted molar refractivity (Wildman–Crippen MR) is 83.4 cm³/mol. The van der Waals surface area contributed by atoms with Crippen LogP contribution in [0.2, 0.25) is 0 Å². The quantitative estimate of drug-likeness (QED) is 0.795. The van der Waals surface area contributed by atoms with Gasteiger partial charge in [-0.05, 0) is 18.4 Å². The van der Waals surface area contributed by atoms with Crippen molar-refractivity contribution in [2.45, 2.75) is 19.8 Å². The molecule has 1 N–H and O–H groups in total. The van der Waals surface area contributed by atoms with E-state index in [2.05, 4.69) is 10.3 Å². The van der Waals surface area contributed by atoms with Crippen molar-refractivity contribution in [2.24, 2.45) is 0 Å². The van der Waals surface area contributed by atoms with E-state index in [1.807, 2.05) is 22.9 Å². The van der Waals surface area contributed by atoms with Crippen molar-refractivity contribution in [3.8, 4) is 9.88 Å². The predicted octanol–water partition coefficient (Wildman–Crippen LogP) is 2.48. The SMILES string of the molecule is CCOC(=O)CCNC(=O)Cc1csc(-c2cccs2)n1. The zero-order valence-corrected chi connectivity index (χ0v) is 13.3. The first-order valence-corrected chi connectivity index (χ1v) is 8.35. The van der Waals surface area contributed by atoms with Crippen molar-refractivity contribution in [3.63, 3.8) is 0 Å². The van der Waals surface area contributed by atoms with Crippen molar-refractivity contribution >= 4 is 34.6 Å². The topological polar surface area (TPSA) is 68.3 Å². The number of esters is 1. The van der Waals surface area contributed by atoms with E-state index in [1.54, 1.807) is 18.3 Å². The lowest BCUT2D eigenvalue weighted by atomic mass is 10.3. The van der Waals surface area contributed by atoms with Gasteiger partial charge in [0, 0.05) is 11.9 Å². The molecule has 2 aromatic heterocycles. The van der Waals surface area contributed by atoms with Gasteiger partial charge in [0.15, 0.2) is 0 Å². The summed E-state index contributed by atoms with van der Waals surface area (Å²) >= 11 is 3.16. The lowest BCUT2D eigenvalue weighted by Gasteiger charge is -2.03. The van der Waals surface area contributed by atoms with E-state index in [0.717, 1.165) is 15.6 Å². The Bertz CT molecular complexity index is 593. The van der Waals surface area contributed by atoms with Gasteiger partial charge in [0.05, 0.1) is 30.0 Å². The summed E-state index contributed by atoms with van der Waals surface area (Å²) in [6, 6.07) is 3.98. The molecule has 0 unspecified atom stereocenters. The Morgan fingerprint density at radius 3 is 2.95 bits per heavy atom. The molecule has 21 heavy (non-hydrogen) atoms. The second kappa shape index (κ2) is 7.90. The molecule has 0 fully saturated rings. The maximum absolute atomic E-state index is 11.8. The van der Waals surface area contributed by atoms with Gasteiger partial charge in [-0.25, -0.2) is 4.98 Å². The van der Waals surface area contributed by atoms with Gasteiger partial charge in [0.1, 0.15) is 5.01 Å². The lowest BCUT2D eigenvalue weighted by Crippen LogP contribution is -2.28. The summed E-state index contributed by atoms with van der Waals surface area (Å²) in [4.78, 5) is 28.4. The average Bonchev–Trinajstić information content (AvgIpc) is 3.09. The molecular formula is C14H16N2O3S2. The first-order chi connectivity index (χ1) is 10.2. The molecule has 0 saturated carbocycles. The molecule has 112 valence electrons. The monoisotopic (exact) mass is 324 g/mol. The molecule has 0 aliphatic carbocycles. The van der Waals surface area contributed by atoms with E-state index in [9.17, 15) is 9.59 Å². The number of nitrogens with zero attached hydrogens (tertiary/aromatic N) is 1. The Morgan fingerprint density at radius 2 is 2.24 bits per heavy atom. The molecule has 0 spiro atoms. The molecule has 2 aromatic rings. The van der Waals surface area contributed by atoms with E-state index < -0.39 is 0 Å². The number of carbonyl (C=O) groups is 2. The Kier molecular flexibility index (Phi) is 5.89. The molecule has 7 heteroatoms. The number of rotatable bonds is 7. The van der Waals surface area contributed by atoms with Crippen LogP contribution in [0.25, 0.3) is 9.88 Å². The summed E-state index contributed by atoms with van der Waals surface area (Å²) in [6.45, 7) is 2.40. The zero-order valence-electron chi connectivity index (χ0n) is 11.6. The van der Waals surface area contributed by atoms with Crippen LogP contribution >= 0.6 is 22.7 Å². The van der Waals surface area contributed by atoms with Crippen molar-refractivity contribution in [1.82, 2.24) is 10.3 Å². The summed E-state index contributed by atoms with van der Waals surface area (Å²) < 4.78 is 4.79. The molecule has 0 aromatic carbocycles. The number of aromatic nitrogens is 1. The van der Waals surface area contributed by atoms with Crippen molar-refractivity contribution in [1.29, 1.82) is 0 Å². The smallest absolute Gasteiger partial charge is 0.307 e. The first kappa shape index (κ1) is 15.7. The van der Waals surface area contributed by atoms with Gasteiger partial charge in [-0.2, -0.15) is 0 Å². The Labute approximate surface area is 131 Å².